The molecule has 0 aliphatic rings. The lowest BCUT2D eigenvalue weighted by Gasteiger charge is -2.10. The van der Waals surface area contributed by atoms with Gasteiger partial charge in [-0.15, -0.1) is 0 Å². The van der Waals surface area contributed by atoms with E-state index in [0.717, 1.165) is 5.56 Å². The quantitative estimate of drug-likeness (QED) is 0.789. The van der Waals surface area contributed by atoms with Crippen LogP contribution in [0, 0.1) is 0 Å². The summed E-state index contributed by atoms with van der Waals surface area (Å²) in [5.74, 6) is -0.534. The normalized spacial score (nSPS) is 13.6. The van der Waals surface area contributed by atoms with Crippen LogP contribution in [0.15, 0.2) is 24.3 Å². The second kappa shape index (κ2) is 7.04. The van der Waals surface area contributed by atoms with E-state index in [1.807, 2.05) is 0 Å². The highest BCUT2D eigenvalue weighted by atomic mass is 32.2. The summed E-state index contributed by atoms with van der Waals surface area (Å²) in [5, 5.41) is -0.275. The summed E-state index contributed by atoms with van der Waals surface area (Å²) in [5.41, 5.74) is 6.38. The van der Waals surface area contributed by atoms with E-state index in [-0.39, 0.29) is 17.6 Å². The molecule has 2 N–H and O–H groups in total. The van der Waals surface area contributed by atoms with E-state index in [1.165, 1.54) is 7.11 Å². The molecule has 0 saturated heterocycles. The minimum absolute atomic E-state index is 0.127. The summed E-state index contributed by atoms with van der Waals surface area (Å²) < 4.78 is 16.5. The molecule has 0 aliphatic heterocycles. The van der Waals surface area contributed by atoms with Crippen molar-refractivity contribution >= 4 is 22.7 Å². The number of rotatable bonds is 6. The minimum Gasteiger partial charge on any atom is -0.469 e. The van der Waals surface area contributed by atoms with Crippen molar-refractivity contribution in [3.05, 3.63) is 35.4 Å². The Kier molecular flexibility index (Phi) is 5.69. The van der Waals surface area contributed by atoms with E-state index in [2.05, 4.69) is 4.74 Å². The smallest absolute Gasteiger partial charge is 0.306 e. The first-order valence-electron chi connectivity index (χ1n) is 5.76. The zero-order valence-corrected chi connectivity index (χ0v) is 11.7. The lowest BCUT2D eigenvalue weighted by molar-refractivity contribution is -0.140. The van der Waals surface area contributed by atoms with Crippen LogP contribution in [0.5, 0.6) is 0 Å². The van der Waals surface area contributed by atoms with Gasteiger partial charge in [0.1, 0.15) is 0 Å². The summed E-state index contributed by atoms with van der Waals surface area (Å²) in [4.78, 5) is 22.0. The van der Waals surface area contributed by atoms with Crippen molar-refractivity contribution in [3.63, 3.8) is 0 Å². The predicted molar refractivity (Wildman–Crippen MR) is 72.9 cm³/mol. The van der Waals surface area contributed by atoms with Crippen LogP contribution in [-0.4, -0.2) is 28.4 Å². The monoisotopic (exact) mass is 283 g/mol. The molecule has 0 spiro atoms. The molecule has 1 amide bonds. The molecule has 1 aromatic rings. The Morgan fingerprint density at radius 2 is 1.89 bits per heavy atom. The third-order valence-electron chi connectivity index (χ3n) is 2.68. The molecule has 0 bridgehead atoms. The van der Waals surface area contributed by atoms with E-state index in [0.29, 0.717) is 11.3 Å². The van der Waals surface area contributed by atoms with Crippen molar-refractivity contribution in [1.82, 2.24) is 0 Å². The number of primary amides is 1. The number of benzene rings is 1. The van der Waals surface area contributed by atoms with Crippen LogP contribution >= 0.6 is 0 Å². The van der Waals surface area contributed by atoms with Gasteiger partial charge < -0.3 is 10.5 Å². The highest BCUT2D eigenvalue weighted by Gasteiger charge is 2.16. The number of esters is 1. The van der Waals surface area contributed by atoms with Crippen LogP contribution in [0.3, 0.4) is 0 Å². The Morgan fingerprint density at radius 3 is 2.37 bits per heavy atom. The molecule has 0 fully saturated rings. The molecule has 19 heavy (non-hydrogen) atoms. The molecule has 5 nitrogen and oxygen atoms in total. The predicted octanol–water partition coefficient (Wildman–Crippen LogP) is 0.986. The summed E-state index contributed by atoms with van der Waals surface area (Å²) >= 11 is 0. The zero-order valence-electron chi connectivity index (χ0n) is 10.9. The minimum atomic E-state index is -1.17. The van der Waals surface area contributed by atoms with Gasteiger partial charge in [-0.05, 0) is 17.7 Å². The topological polar surface area (TPSA) is 86.5 Å². The number of nitrogens with two attached hydrogens (primary N) is 1. The Morgan fingerprint density at radius 1 is 1.32 bits per heavy atom. The second-order valence-electron chi connectivity index (χ2n) is 4.18. The number of amides is 1. The van der Waals surface area contributed by atoms with Gasteiger partial charge in [0.05, 0.1) is 13.5 Å². The summed E-state index contributed by atoms with van der Waals surface area (Å²) in [6.07, 6.45) is 0.127. The molecule has 0 aliphatic carbocycles. The average Bonchev–Trinajstić information content (AvgIpc) is 2.38. The SMILES string of the molecule is COC(=O)CC(C)S(=O)Cc1ccc(C(N)=O)cc1. The fourth-order valence-corrected chi connectivity index (χ4v) is 2.61. The van der Waals surface area contributed by atoms with Crippen molar-refractivity contribution in [2.24, 2.45) is 5.73 Å². The number of carbonyl (C=O) groups is 2. The van der Waals surface area contributed by atoms with Gasteiger partial charge in [0, 0.05) is 27.4 Å². The second-order valence-corrected chi connectivity index (χ2v) is 6.03. The van der Waals surface area contributed by atoms with Crippen molar-refractivity contribution in [2.45, 2.75) is 24.3 Å². The van der Waals surface area contributed by atoms with Crippen LogP contribution in [0.4, 0.5) is 0 Å². The van der Waals surface area contributed by atoms with Crippen LogP contribution in [0.2, 0.25) is 0 Å². The molecule has 0 saturated carbocycles. The average molecular weight is 283 g/mol. The molecular weight excluding hydrogens is 266 g/mol. The first-order chi connectivity index (χ1) is 8.93. The zero-order chi connectivity index (χ0) is 14.4. The Hall–Kier alpha value is -1.69. The molecule has 2 atom stereocenters. The van der Waals surface area contributed by atoms with Gasteiger partial charge in [-0.3, -0.25) is 13.8 Å². The maximum Gasteiger partial charge on any atom is 0.306 e. The van der Waals surface area contributed by atoms with Gasteiger partial charge in [0.15, 0.2) is 0 Å². The van der Waals surface area contributed by atoms with E-state index >= 15 is 0 Å². The third-order valence-corrected chi connectivity index (χ3v) is 4.36. The first-order valence-corrected chi connectivity index (χ1v) is 7.15. The van der Waals surface area contributed by atoms with E-state index in [4.69, 9.17) is 5.73 Å². The van der Waals surface area contributed by atoms with E-state index in [9.17, 15) is 13.8 Å². The molecule has 1 aromatic carbocycles. The van der Waals surface area contributed by atoms with Gasteiger partial charge in [-0.25, -0.2) is 0 Å². The first kappa shape index (κ1) is 15.4. The summed E-state index contributed by atoms with van der Waals surface area (Å²) in [6, 6.07) is 6.62. The maximum absolute atomic E-state index is 12.0. The van der Waals surface area contributed by atoms with E-state index < -0.39 is 16.7 Å². The molecule has 2 unspecified atom stereocenters. The molecule has 0 heterocycles. The van der Waals surface area contributed by atoms with Crippen molar-refractivity contribution in [3.8, 4) is 0 Å². The number of hydrogen-bond acceptors (Lipinski definition) is 4. The molecule has 6 heteroatoms. The van der Waals surface area contributed by atoms with Gasteiger partial charge in [-0.1, -0.05) is 19.1 Å². The van der Waals surface area contributed by atoms with Crippen molar-refractivity contribution < 1.29 is 18.5 Å². The fraction of sp³-hybridized carbons (Fsp3) is 0.385. The number of carbonyl (C=O) groups excluding carboxylic acids is 2. The Labute approximate surface area is 114 Å². The number of methoxy groups -OCH3 is 1. The fourth-order valence-electron chi connectivity index (χ4n) is 1.48. The van der Waals surface area contributed by atoms with Crippen molar-refractivity contribution in [1.29, 1.82) is 0 Å². The molecular formula is C13H17NO4S. The maximum atomic E-state index is 12.0. The third kappa shape index (κ3) is 4.82. The standard InChI is InChI=1S/C13H17NO4S/c1-9(7-12(15)18-2)19(17)8-10-3-5-11(6-4-10)13(14)16/h3-6,9H,7-8H2,1-2H3,(H2,14,16). The van der Waals surface area contributed by atoms with Crippen LogP contribution < -0.4 is 5.73 Å². The van der Waals surface area contributed by atoms with Crippen LogP contribution in [0.1, 0.15) is 29.3 Å². The summed E-state index contributed by atoms with van der Waals surface area (Å²) in [7, 11) is 0.134. The lowest BCUT2D eigenvalue weighted by Crippen LogP contribution is -2.18. The highest BCUT2D eigenvalue weighted by Crippen LogP contribution is 2.11. The Balaban J connectivity index is 2.61. The highest BCUT2D eigenvalue weighted by molar-refractivity contribution is 7.84. The Bertz CT molecular complexity index is 484. The van der Waals surface area contributed by atoms with Crippen molar-refractivity contribution in [2.75, 3.05) is 7.11 Å². The lowest BCUT2D eigenvalue weighted by atomic mass is 10.1. The number of hydrogen-bond donors (Lipinski definition) is 1. The van der Waals surface area contributed by atoms with Gasteiger partial charge in [0.2, 0.25) is 5.91 Å². The van der Waals surface area contributed by atoms with Gasteiger partial charge in [-0.2, -0.15) is 0 Å². The van der Waals surface area contributed by atoms with Gasteiger partial charge >= 0.3 is 5.97 Å². The molecule has 1 rings (SSSR count). The van der Waals surface area contributed by atoms with Gasteiger partial charge in [0.25, 0.3) is 0 Å². The molecule has 0 radical (unpaired) electrons. The van der Waals surface area contributed by atoms with E-state index in [1.54, 1.807) is 31.2 Å². The molecule has 104 valence electrons. The molecule has 0 aromatic heterocycles. The van der Waals surface area contributed by atoms with Crippen LogP contribution in [0.25, 0.3) is 0 Å². The van der Waals surface area contributed by atoms with Crippen LogP contribution in [-0.2, 0) is 26.1 Å². The largest absolute Gasteiger partial charge is 0.469 e. The number of ether oxygens (including phenoxy) is 1. The summed E-state index contributed by atoms with van der Waals surface area (Å²) in [6.45, 7) is 1.74.